The average molecular weight is 211 g/mol. The van der Waals surface area contributed by atoms with Crippen LogP contribution in [0.15, 0.2) is 24.3 Å². The Morgan fingerprint density at radius 3 is 2.47 bits per heavy atom. The third kappa shape index (κ3) is 3.14. The van der Waals surface area contributed by atoms with E-state index in [1.165, 1.54) is 6.92 Å². The van der Waals surface area contributed by atoms with E-state index in [1.54, 1.807) is 24.3 Å². The monoisotopic (exact) mass is 211 g/mol. The molecule has 1 rings (SSSR count). The minimum atomic E-state index is -1.89. The highest BCUT2D eigenvalue weighted by molar-refractivity contribution is 5.76. The third-order valence-corrected chi connectivity index (χ3v) is 1.86. The van der Waals surface area contributed by atoms with Gasteiger partial charge in [0.15, 0.2) is 5.60 Å². The van der Waals surface area contributed by atoms with Crippen molar-refractivity contribution in [1.82, 2.24) is 0 Å². The van der Waals surface area contributed by atoms with Crippen molar-refractivity contribution in [3.63, 3.8) is 0 Å². The lowest BCUT2D eigenvalue weighted by Crippen LogP contribution is -2.41. The lowest BCUT2D eigenvalue weighted by molar-refractivity contribution is -0.159. The Morgan fingerprint density at radius 1 is 1.47 bits per heavy atom. The molecule has 5 nitrogen and oxygen atoms in total. The first kappa shape index (κ1) is 11.3. The number of anilines is 1. The Morgan fingerprint density at radius 2 is 2.00 bits per heavy atom. The number of rotatable bonds is 4. The van der Waals surface area contributed by atoms with Gasteiger partial charge < -0.3 is 20.7 Å². The topological polar surface area (TPSA) is 92.8 Å². The number of nitrogen functional groups attached to an aromatic ring is 1. The summed E-state index contributed by atoms with van der Waals surface area (Å²) in [6.07, 6.45) is 0. The van der Waals surface area contributed by atoms with Gasteiger partial charge in [0.1, 0.15) is 12.4 Å². The molecule has 0 saturated carbocycles. The first-order chi connectivity index (χ1) is 6.92. The maximum Gasteiger partial charge on any atom is 0.339 e. The Labute approximate surface area is 87.1 Å². The maximum absolute atomic E-state index is 10.5. The second-order valence-corrected chi connectivity index (χ2v) is 3.44. The second kappa shape index (κ2) is 4.18. The van der Waals surface area contributed by atoms with Gasteiger partial charge in [-0.3, -0.25) is 0 Å². The summed E-state index contributed by atoms with van der Waals surface area (Å²) >= 11 is 0. The minimum Gasteiger partial charge on any atom is -0.490 e. The number of carboxylic acid groups (broad SMARTS) is 1. The summed E-state index contributed by atoms with van der Waals surface area (Å²) in [7, 11) is 0. The minimum absolute atomic E-state index is 0.313. The van der Waals surface area contributed by atoms with Gasteiger partial charge in [-0.1, -0.05) is 0 Å². The molecule has 1 unspecified atom stereocenters. The molecule has 0 aliphatic heterocycles. The van der Waals surface area contributed by atoms with Crippen LogP contribution >= 0.6 is 0 Å². The highest BCUT2D eigenvalue weighted by atomic mass is 16.5. The number of ether oxygens (including phenoxy) is 1. The molecule has 0 radical (unpaired) electrons. The number of carboxylic acids is 1. The summed E-state index contributed by atoms with van der Waals surface area (Å²) in [6, 6.07) is 6.47. The summed E-state index contributed by atoms with van der Waals surface area (Å²) in [4.78, 5) is 10.5. The van der Waals surface area contributed by atoms with Gasteiger partial charge in [0.05, 0.1) is 0 Å². The number of hydrogen-bond donors (Lipinski definition) is 3. The zero-order chi connectivity index (χ0) is 11.5. The quantitative estimate of drug-likeness (QED) is 0.630. The van der Waals surface area contributed by atoms with Gasteiger partial charge >= 0.3 is 5.97 Å². The van der Waals surface area contributed by atoms with E-state index < -0.39 is 11.6 Å². The van der Waals surface area contributed by atoms with Crippen LogP contribution in [0.1, 0.15) is 6.92 Å². The van der Waals surface area contributed by atoms with Crippen LogP contribution in [0.2, 0.25) is 0 Å². The van der Waals surface area contributed by atoms with E-state index in [4.69, 9.17) is 15.6 Å². The maximum atomic E-state index is 10.5. The zero-order valence-electron chi connectivity index (χ0n) is 8.30. The lowest BCUT2D eigenvalue weighted by Gasteiger charge is -2.18. The van der Waals surface area contributed by atoms with Gasteiger partial charge in [-0.15, -0.1) is 0 Å². The lowest BCUT2D eigenvalue weighted by atomic mass is 10.1. The molecular weight excluding hydrogens is 198 g/mol. The molecule has 0 heterocycles. The molecule has 82 valence electrons. The zero-order valence-corrected chi connectivity index (χ0v) is 8.30. The molecule has 5 heteroatoms. The van der Waals surface area contributed by atoms with Crippen LogP contribution in [-0.2, 0) is 4.79 Å². The van der Waals surface area contributed by atoms with Crippen molar-refractivity contribution in [2.45, 2.75) is 12.5 Å². The van der Waals surface area contributed by atoms with Crippen molar-refractivity contribution in [3.8, 4) is 5.75 Å². The summed E-state index contributed by atoms with van der Waals surface area (Å²) < 4.78 is 5.10. The van der Waals surface area contributed by atoms with Crippen molar-refractivity contribution in [2.75, 3.05) is 12.3 Å². The van der Waals surface area contributed by atoms with E-state index in [9.17, 15) is 9.90 Å². The van der Waals surface area contributed by atoms with E-state index >= 15 is 0 Å². The number of aliphatic carboxylic acids is 1. The van der Waals surface area contributed by atoms with E-state index in [1.807, 2.05) is 0 Å². The highest BCUT2D eigenvalue weighted by Gasteiger charge is 2.30. The van der Waals surface area contributed by atoms with Crippen LogP contribution in [0.25, 0.3) is 0 Å². The van der Waals surface area contributed by atoms with Gasteiger partial charge in [-0.2, -0.15) is 0 Å². The predicted molar refractivity (Wildman–Crippen MR) is 54.6 cm³/mol. The molecule has 0 amide bonds. The molecule has 0 saturated heterocycles. The van der Waals surface area contributed by atoms with Crippen molar-refractivity contribution in [3.05, 3.63) is 24.3 Å². The van der Waals surface area contributed by atoms with E-state index in [0.717, 1.165) is 0 Å². The van der Waals surface area contributed by atoms with E-state index in [-0.39, 0.29) is 6.61 Å². The van der Waals surface area contributed by atoms with E-state index in [0.29, 0.717) is 11.4 Å². The number of aliphatic hydroxyl groups is 1. The fourth-order valence-electron chi connectivity index (χ4n) is 0.850. The van der Waals surface area contributed by atoms with Crippen LogP contribution < -0.4 is 10.5 Å². The molecule has 0 bridgehead atoms. The van der Waals surface area contributed by atoms with Crippen LogP contribution in [0, 0.1) is 0 Å². The SMILES string of the molecule is CC(O)(COc1ccc(N)cc1)C(=O)O. The smallest absolute Gasteiger partial charge is 0.339 e. The Kier molecular flexibility index (Phi) is 3.16. The van der Waals surface area contributed by atoms with Crippen molar-refractivity contribution >= 4 is 11.7 Å². The molecule has 0 spiro atoms. The number of hydrogen-bond acceptors (Lipinski definition) is 4. The fraction of sp³-hybridized carbons (Fsp3) is 0.300. The van der Waals surface area contributed by atoms with Crippen molar-refractivity contribution in [1.29, 1.82) is 0 Å². The largest absolute Gasteiger partial charge is 0.490 e. The molecule has 1 aromatic rings. The fourth-order valence-corrected chi connectivity index (χ4v) is 0.850. The number of benzene rings is 1. The molecule has 0 aromatic heterocycles. The molecule has 0 fully saturated rings. The van der Waals surface area contributed by atoms with Crippen LogP contribution in [0.3, 0.4) is 0 Å². The average Bonchev–Trinajstić information content (AvgIpc) is 2.17. The second-order valence-electron chi connectivity index (χ2n) is 3.44. The van der Waals surface area contributed by atoms with Gasteiger partial charge in [-0.05, 0) is 31.2 Å². The number of nitrogens with two attached hydrogens (primary N) is 1. The first-order valence-corrected chi connectivity index (χ1v) is 4.36. The van der Waals surface area contributed by atoms with Crippen LogP contribution in [0.4, 0.5) is 5.69 Å². The van der Waals surface area contributed by atoms with Crippen molar-refractivity contribution < 1.29 is 19.7 Å². The molecule has 0 aliphatic rings. The van der Waals surface area contributed by atoms with E-state index in [2.05, 4.69) is 0 Å². The molecule has 0 aliphatic carbocycles. The summed E-state index contributed by atoms with van der Waals surface area (Å²) in [5, 5.41) is 18.0. The standard InChI is InChI=1S/C10H13NO4/c1-10(14,9(12)13)6-15-8-4-2-7(11)3-5-8/h2-5,14H,6,11H2,1H3,(H,12,13). The van der Waals surface area contributed by atoms with Crippen molar-refractivity contribution in [2.24, 2.45) is 0 Å². The molecule has 4 N–H and O–H groups in total. The highest BCUT2D eigenvalue weighted by Crippen LogP contribution is 2.15. The van der Waals surface area contributed by atoms with Gasteiger partial charge in [0.2, 0.25) is 0 Å². The van der Waals surface area contributed by atoms with Crippen LogP contribution in [-0.4, -0.2) is 28.4 Å². The van der Waals surface area contributed by atoms with Gasteiger partial charge in [-0.25, -0.2) is 4.79 Å². The summed E-state index contributed by atoms with van der Waals surface area (Å²) in [5.41, 5.74) is 4.16. The third-order valence-electron chi connectivity index (χ3n) is 1.86. The number of carbonyl (C=O) groups is 1. The molecule has 1 atom stereocenters. The Hall–Kier alpha value is -1.75. The predicted octanol–water partition coefficient (Wildman–Crippen LogP) is 0.483. The summed E-state index contributed by atoms with van der Waals surface area (Å²) in [6.45, 7) is 0.860. The first-order valence-electron chi connectivity index (χ1n) is 4.36. The van der Waals surface area contributed by atoms with Crippen LogP contribution in [0.5, 0.6) is 5.75 Å². The van der Waals surface area contributed by atoms with Gasteiger partial charge in [0, 0.05) is 5.69 Å². The normalized spacial score (nSPS) is 14.3. The molecule has 15 heavy (non-hydrogen) atoms. The summed E-state index contributed by atoms with van der Waals surface area (Å²) in [5.74, 6) is -0.858. The molecular formula is C10H13NO4. The van der Waals surface area contributed by atoms with Gasteiger partial charge in [0.25, 0.3) is 0 Å². The Bertz CT molecular complexity index is 345. The molecule has 1 aromatic carbocycles. The Balaban J connectivity index is 2.57.